The number of nitrogens with one attached hydrogen (secondary N) is 1. The lowest BCUT2D eigenvalue weighted by atomic mass is 10.3. The molecule has 0 radical (unpaired) electrons. The number of thioether (sulfide) groups is 2. The van der Waals surface area contributed by atoms with Gasteiger partial charge in [0, 0.05) is 22.9 Å². The van der Waals surface area contributed by atoms with Crippen molar-refractivity contribution in [3.63, 3.8) is 0 Å². The van der Waals surface area contributed by atoms with Gasteiger partial charge in [-0.25, -0.2) is 4.98 Å². The van der Waals surface area contributed by atoms with E-state index in [-0.39, 0.29) is 5.75 Å². The van der Waals surface area contributed by atoms with Gasteiger partial charge in [0.1, 0.15) is 5.75 Å². The quantitative estimate of drug-likeness (QED) is 0.331. The van der Waals surface area contributed by atoms with E-state index < -0.39 is 12.8 Å². The Labute approximate surface area is 169 Å². The summed E-state index contributed by atoms with van der Waals surface area (Å²) in [6.45, 7) is 0.862. The number of benzene rings is 1. The van der Waals surface area contributed by atoms with Crippen molar-refractivity contribution in [2.24, 2.45) is 0 Å². The summed E-state index contributed by atoms with van der Waals surface area (Å²) in [7, 11) is 0. The molecule has 0 aliphatic heterocycles. The lowest BCUT2D eigenvalue weighted by Gasteiger charge is -2.08. The lowest BCUT2D eigenvalue weighted by molar-refractivity contribution is -0.153. The summed E-state index contributed by atoms with van der Waals surface area (Å²) in [5.74, 6) is 1.90. The third-order valence-corrected chi connectivity index (χ3v) is 5.73. The molecule has 0 fully saturated rings. The SMILES string of the molecule is CCCCSc1ccnc(CSc2nc3ccc(OCC(F)(F)F)cc3[nH]2)c1. The molecule has 9 heteroatoms. The minimum atomic E-state index is -4.36. The zero-order chi connectivity index (χ0) is 20.0. The normalized spacial score (nSPS) is 11.9. The van der Waals surface area contributed by atoms with Crippen LogP contribution >= 0.6 is 23.5 Å². The Morgan fingerprint density at radius 3 is 2.79 bits per heavy atom. The largest absolute Gasteiger partial charge is 0.484 e. The predicted molar refractivity (Wildman–Crippen MR) is 107 cm³/mol. The molecule has 2 heterocycles. The van der Waals surface area contributed by atoms with E-state index in [1.165, 1.54) is 41.6 Å². The Balaban J connectivity index is 1.61. The average molecular weight is 428 g/mol. The maximum Gasteiger partial charge on any atom is 0.422 e. The van der Waals surface area contributed by atoms with Gasteiger partial charge in [0.05, 0.1) is 16.7 Å². The molecule has 0 unspecified atom stereocenters. The molecule has 3 rings (SSSR count). The number of halogens is 3. The smallest absolute Gasteiger partial charge is 0.422 e. The van der Waals surface area contributed by atoms with Crippen molar-refractivity contribution in [3.8, 4) is 5.75 Å². The molecule has 4 nitrogen and oxygen atoms in total. The summed E-state index contributed by atoms with van der Waals surface area (Å²) in [5, 5.41) is 0.689. The lowest BCUT2D eigenvalue weighted by Crippen LogP contribution is -2.19. The van der Waals surface area contributed by atoms with Crippen LogP contribution in [0, 0.1) is 0 Å². The number of fused-ring (bicyclic) bond motifs is 1. The van der Waals surface area contributed by atoms with Crippen LogP contribution in [0.1, 0.15) is 25.5 Å². The first-order valence-electron chi connectivity index (χ1n) is 8.83. The van der Waals surface area contributed by atoms with Crippen molar-refractivity contribution in [2.45, 2.75) is 41.7 Å². The van der Waals surface area contributed by atoms with Gasteiger partial charge < -0.3 is 9.72 Å². The Morgan fingerprint density at radius 1 is 1.14 bits per heavy atom. The number of pyridine rings is 1. The second kappa shape index (κ2) is 9.56. The minimum Gasteiger partial charge on any atom is -0.484 e. The maximum atomic E-state index is 12.3. The number of aromatic amines is 1. The number of H-pyrrole nitrogens is 1. The van der Waals surface area contributed by atoms with Crippen molar-refractivity contribution < 1.29 is 17.9 Å². The van der Waals surface area contributed by atoms with E-state index in [0.29, 0.717) is 21.9 Å². The number of unbranched alkanes of at least 4 members (excludes halogenated alkanes) is 1. The van der Waals surface area contributed by atoms with E-state index in [1.807, 2.05) is 24.0 Å². The molecule has 0 spiro atoms. The van der Waals surface area contributed by atoms with Gasteiger partial charge in [-0.2, -0.15) is 13.2 Å². The number of hydrogen-bond acceptors (Lipinski definition) is 5. The van der Waals surface area contributed by atoms with Crippen LogP contribution in [-0.2, 0) is 5.75 Å². The molecule has 0 aliphatic carbocycles. The monoisotopic (exact) mass is 427 g/mol. The van der Waals surface area contributed by atoms with Gasteiger partial charge >= 0.3 is 6.18 Å². The molecule has 0 bridgehead atoms. The van der Waals surface area contributed by atoms with Crippen LogP contribution in [0.25, 0.3) is 11.0 Å². The molecular weight excluding hydrogens is 407 g/mol. The van der Waals surface area contributed by atoms with Gasteiger partial charge in [-0.05, 0) is 36.4 Å². The molecule has 3 aromatic rings. The van der Waals surface area contributed by atoms with Crippen LogP contribution in [0.15, 0.2) is 46.6 Å². The zero-order valence-corrected chi connectivity index (χ0v) is 16.9. The van der Waals surface area contributed by atoms with Crippen LogP contribution in [-0.4, -0.2) is 33.5 Å². The molecule has 2 aromatic heterocycles. The molecule has 28 heavy (non-hydrogen) atoms. The first-order chi connectivity index (χ1) is 13.4. The van der Waals surface area contributed by atoms with Gasteiger partial charge in [-0.15, -0.1) is 11.8 Å². The van der Waals surface area contributed by atoms with Gasteiger partial charge in [0.2, 0.25) is 0 Å². The van der Waals surface area contributed by atoms with E-state index in [2.05, 4.69) is 27.9 Å². The molecule has 1 N–H and O–H groups in total. The van der Waals surface area contributed by atoms with Crippen LogP contribution < -0.4 is 4.74 Å². The Bertz CT molecular complexity index is 915. The molecule has 1 aromatic carbocycles. The predicted octanol–water partition coefficient (Wildman–Crippen LogP) is 6.08. The first kappa shape index (κ1) is 20.9. The third-order valence-electron chi connectivity index (χ3n) is 3.75. The van der Waals surface area contributed by atoms with E-state index in [1.54, 1.807) is 6.07 Å². The third kappa shape index (κ3) is 6.34. The molecule has 0 saturated heterocycles. The highest BCUT2D eigenvalue weighted by Crippen LogP contribution is 2.27. The molecular formula is C19H20F3N3OS2. The molecule has 0 atom stereocenters. The van der Waals surface area contributed by atoms with Gasteiger partial charge in [0.25, 0.3) is 0 Å². The Kier molecular flexibility index (Phi) is 7.12. The standard InChI is InChI=1S/C19H20F3N3OS2/c1-2-3-8-27-15-6-7-23-13(9-15)11-28-18-24-16-5-4-14(10-17(16)25-18)26-12-19(20,21)22/h4-7,9-10H,2-3,8,11-12H2,1H3,(H,24,25). The summed E-state index contributed by atoms with van der Waals surface area (Å²) >= 11 is 3.33. The molecule has 0 amide bonds. The van der Waals surface area contributed by atoms with Crippen LogP contribution in [0.5, 0.6) is 5.75 Å². The minimum absolute atomic E-state index is 0.156. The Hall–Kier alpha value is -1.87. The van der Waals surface area contributed by atoms with Crippen molar-refractivity contribution in [2.75, 3.05) is 12.4 Å². The number of nitrogens with zero attached hydrogens (tertiary/aromatic N) is 2. The number of hydrogen-bond donors (Lipinski definition) is 1. The number of rotatable bonds is 9. The van der Waals surface area contributed by atoms with Crippen molar-refractivity contribution >= 4 is 34.6 Å². The van der Waals surface area contributed by atoms with E-state index >= 15 is 0 Å². The Morgan fingerprint density at radius 2 is 2.00 bits per heavy atom. The molecule has 150 valence electrons. The first-order valence-corrected chi connectivity index (χ1v) is 10.8. The summed E-state index contributed by atoms with van der Waals surface area (Å²) in [6, 6.07) is 8.76. The van der Waals surface area contributed by atoms with E-state index in [0.717, 1.165) is 11.4 Å². The highest BCUT2D eigenvalue weighted by molar-refractivity contribution is 7.99. The molecule has 0 aliphatic rings. The second-order valence-corrected chi connectivity index (χ2v) is 8.23. The zero-order valence-electron chi connectivity index (χ0n) is 15.3. The van der Waals surface area contributed by atoms with Crippen LogP contribution in [0.2, 0.25) is 0 Å². The summed E-state index contributed by atoms with van der Waals surface area (Å²) in [4.78, 5) is 13.2. The number of aromatic nitrogens is 3. The summed E-state index contributed by atoms with van der Waals surface area (Å²) < 4.78 is 41.6. The second-order valence-electron chi connectivity index (χ2n) is 6.10. The van der Waals surface area contributed by atoms with Crippen LogP contribution in [0.3, 0.4) is 0 Å². The van der Waals surface area contributed by atoms with Gasteiger partial charge in [-0.3, -0.25) is 4.98 Å². The number of alkyl halides is 3. The van der Waals surface area contributed by atoms with Crippen molar-refractivity contribution in [3.05, 3.63) is 42.2 Å². The summed E-state index contributed by atoms with van der Waals surface area (Å²) in [5.41, 5.74) is 2.28. The number of ether oxygens (including phenoxy) is 1. The highest BCUT2D eigenvalue weighted by Gasteiger charge is 2.28. The summed E-state index contributed by atoms with van der Waals surface area (Å²) in [6.07, 6.45) is -0.187. The van der Waals surface area contributed by atoms with Crippen molar-refractivity contribution in [1.82, 2.24) is 15.0 Å². The fraction of sp³-hybridized carbons (Fsp3) is 0.368. The fourth-order valence-corrected chi connectivity index (χ4v) is 4.22. The highest BCUT2D eigenvalue weighted by atomic mass is 32.2. The van der Waals surface area contributed by atoms with Gasteiger partial charge in [0.15, 0.2) is 11.8 Å². The maximum absolute atomic E-state index is 12.3. The topological polar surface area (TPSA) is 50.8 Å². The average Bonchev–Trinajstić information content (AvgIpc) is 3.07. The molecule has 0 saturated carbocycles. The van der Waals surface area contributed by atoms with Crippen molar-refractivity contribution in [1.29, 1.82) is 0 Å². The van der Waals surface area contributed by atoms with E-state index in [4.69, 9.17) is 4.74 Å². The number of imidazole rings is 1. The van der Waals surface area contributed by atoms with E-state index in [9.17, 15) is 13.2 Å². The fourth-order valence-electron chi connectivity index (χ4n) is 2.39. The van der Waals surface area contributed by atoms with Crippen LogP contribution in [0.4, 0.5) is 13.2 Å². The van der Waals surface area contributed by atoms with Gasteiger partial charge in [-0.1, -0.05) is 25.1 Å².